The van der Waals surface area contributed by atoms with Crippen LogP contribution in [0.5, 0.6) is 0 Å². The topological polar surface area (TPSA) is 23.8 Å². The van der Waals surface area contributed by atoms with Gasteiger partial charge in [0, 0.05) is 6.08 Å². The Morgan fingerprint density at radius 1 is 1.19 bits per heavy atom. The van der Waals surface area contributed by atoms with E-state index in [9.17, 15) is 0 Å². The molecule has 0 fully saturated rings. The second kappa shape index (κ2) is 7.84. The quantitative estimate of drug-likeness (QED) is 0.350. The fraction of sp³-hybridized carbons (Fsp3) is 0.450. The van der Waals surface area contributed by atoms with Gasteiger partial charge in [-0.05, 0) is 56.6 Å². The molecule has 0 aromatic rings. The summed E-state index contributed by atoms with van der Waals surface area (Å²) in [6.07, 6.45) is 15.9. The summed E-state index contributed by atoms with van der Waals surface area (Å²) in [4.78, 5) is 0. The minimum atomic E-state index is 0.293. The molecule has 0 amide bonds. The lowest BCUT2D eigenvalue weighted by Crippen LogP contribution is -2.19. The first-order valence-electron chi connectivity index (χ1n) is 7.66. The highest BCUT2D eigenvalue weighted by atomic mass is 14.5. The van der Waals surface area contributed by atoms with E-state index in [0.29, 0.717) is 5.41 Å². The molecule has 1 aliphatic rings. The van der Waals surface area contributed by atoms with Crippen LogP contribution in [0.3, 0.4) is 0 Å². The van der Waals surface area contributed by atoms with Crippen molar-refractivity contribution < 1.29 is 0 Å². The second-order valence-electron chi connectivity index (χ2n) is 6.55. The minimum absolute atomic E-state index is 0.293. The molecule has 112 valence electrons. The summed E-state index contributed by atoms with van der Waals surface area (Å²) >= 11 is 0. The van der Waals surface area contributed by atoms with Crippen molar-refractivity contribution in [2.24, 2.45) is 5.41 Å². The maximum atomic E-state index is 8.56. The SMILES string of the molecule is CC1=C(/C=C/C(C)=C/C=C/C(C)=[13CH]\[13C]#N)C(C)(C)CCC1. The van der Waals surface area contributed by atoms with Crippen LogP contribution in [-0.2, 0) is 0 Å². The fourth-order valence-electron chi connectivity index (χ4n) is 2.78. The Hall–Kier alpha value is -1.81. The Balaban J connectivity index is 2.80. The van der Waals surface area contributed by atoms with Crippen LogP contribution in [-0.4, -0.2) is 0 Å². The van der Waals surface area contributed by atoms with Crippen LogP contribution in [0, 0.1) is 16.7 Å². The van der Waals surface area contributed by atoms with Crippen LogP contribution in [0.4, 0.5) is 0 Å². The molecule has 0 aromatic carbocycles. The number of allylic oxidation sites excluding steroid dienone is 10. The summed E-state index contributed by atoms with van der Waals surface area (Å²) in [6, 6.07) is 2.03. The molecule has 0 saturated heterocycles. The summed E-state index contributed by atoms with van der Waals surface area (Å²) in [5.74, 6) is 0. The van der Waals surface area contributed by atoms with E-state index in [4.69, 9.17) is 5.26 Å². The zero-order chi connectivity index (χ0) is 15.9. The average molecular weight is 283 g/mol. The van der Waals surface area contributed by atoms with Crippen molar-refractivity contribution in [2.45, 2.75) is 53.9 Å². The Kier molecular flexibility index (Phi) is 6.43. The lowest BCUT2D eigenvalue weighted by Gasteiger charge is -2.32. The standard InChI is InChI=1S/C20H27N/c1-16(8-6-9-17(2)13-15-21)11-12-19-18(3)10-7-14-20(19,4)5/h6,8-9,11-13H,7,10,14H2,1-5H3/b9-6+,12-11+,16-8+,17-13-/i13+1,15+1. The van der Waals surface area contributed by atoms with Crippen molar-refractivity contribution in [3.63, 3.8) is 0 Å². The van der Waals surface area contributed by atoms with Crippen molar-refractivity contribution >= 4 is 0 Å². The third-order valence-electron chi connectivity index (χ3n) is 4.07. The number of nitrogens with zero attached hydrogens (tertiary/aromatic N) is 1. The first-order valence-corrected chi connectivity index (χ1v) is 7.66. The molecular formula is C20H27N. The largest absolute Gasteiger partial charge is 0.193 e. The monoisotopic (exact) mass is 283 g/mol. The molecule has 1 nitrogen and oxygen atoms in total. The number of hydrogen-bond acceptors (Lipinski definition) is 1. The van der Waals surface area contributed by atoms with E-state index in [1.807, 2.05) is 25.1 Å². The Bertz CT molecular complexity index is 557. The molecule has 0 aliphatic heterocycles. The predicted octanol–water partition coefficient (Wildman–Crippen LogP) is 6.04. The van der Waals surface area contributed by atoms with E-state index in [1.165, 1.54) is 36.0 Å². The average Bonchev–Trinajstić information content (AvgIpc) is 2.37. The van der Waals surface area contributed by atoms with Gasteiger partial charge in [0.05, 0.1) is 6.07 Å². The lowest BCUT2D eigenvalue weighted by molar-refractivity contribution is 0.377. The third-order valence-corrected chi connectivity index (χ3v) is 4.07. The van der Waals surface area contributed by atoms with Gasteiger partial charge >= 0.3 is 0 Å². The Labute approximate surface area is 130 Å². The number of nitriles is 1. The highest BCUT2D eigenvalue weighted by Gasteiger charge is 2.26. The lowest BCUT2D eigenvalue weighted by atomic mass is 9.72. The molecule has 0 spiro atoms. The molecule has 1 aliphatic carbocycles. The molecule has 0 bridgehead atoms. The van der Waals surface area contributed by atoms with Gasteiger partial charge in [0.1, 0.15) is 0 Å². The fourth-order valence-corrected chi connectivity index (χ4v) is 2.78. The smallest absolute Gasteiger partial charge is 0.0914 e. The molecule has 0 saturated carbocycles. The van der Waals surface area contributed by atoms with Crippen molar-refractivity contribution in [1.82, 2.24) is 0 Å². The molecule has 0 aromatic heterocycles. The maximum absolute atomic E-state index is 8.56. The van der Waals surface area contributed by atoms with E-state index in [1.54, 1.807) is 6.08 Å². The van der Waals surface area contributed by atoms with Gasteiger partial charge < -0.3 is 0 Å². The Morgan fingerprint density at radius 3 is 2.52 bits per heavy atom. The van der Waals surface area contributed by atoms with Crippen LogP contribution >= 0.6 is 0 Å². The molecule has 0 atom stereocenters. The normalized spacial score (nSPS) is 20.4. The van der Waals surface area contributed by atoms with E-state index in [2.05, 4.69) is 45.9 Å². The summed E-state index contributed by atoms with van der Waals surface area (Å²) in [6.45, 7) is 11.0. The maximum Gasteiger partial charge on any atom is 0.0914 e. The van der Waals surface area contributed by atoms with E-state index in [0.717, 1.165) is 5.57 Å². The van der Waals surface area contributed by atoms with Crippen molar-refractivity contribution in [2.75, 3.05) is 0 Å². The summed E-state index contributed by atoms with van der Waals surface area (Å²) in [5, 5.41) is 8.56. The van der Waals surface area contributed by atoms with Crippen molar-refractivity contribution in [3.8, 4) is 6.07 Å². The first-order chi connectivity index (χ1) is 9.86. The Morgan fingerprint density at radius 2 is 1.90 bits per heavy atom. The van der Waals surface area contributed by atoms with E-state index < -0.39 is 0 Å². The highest BCUT2D eigenvalue weighted by molar-refractivity contribution is 5.37. The van der Waals surface area contributed by atoms with Gasteiger partial charge in [-0.1, -0.05) is 55.4 Å². The van der Waals surface area contributed by atoms with Crippen LogP contribution in [0.2, 0.25) is 0 Å². The van der Waals surface area contributed by atoms with Crippen LogP contribution < -0.4 is 0 Å². The molecule has 1 rings (SSSR count). The summed E-state index contributed by atoms with van der Waals surface area (Å²) < 4.78 is 0. The van der Waals surface area contributed by atoms with Crippen molar-refractivity contribution in [3.05, 3.63) is 58.7 Å². The van der Waals surface area contributed by atoms with Crippen LogP contribution in [0.1, 0.15) is 53.9 Å². The summed E-state index contributed by atoms with van der Waals surface area (Å²) in [5.41, 5.74) is 5.50. The second-order valence-corrected chi connectivity index (χ2v) is 6.55. The highest BCUT2D eigenvalue weighted by Crippen LogP contribution is 2.40. The van der Waals surface area contributed by atoms with E-state index >= 15 is 0 Å². The van der Waals surface area contributed by atoms with Gasteiger partial charge in [0.15, 0.2) is 0 Å². The molecule has 0 unspecified atom stereocenters. The zero-order valence-electron chi connectivity index (χ0n) is 14.0. The molecule has 21 heavy (non-hydrogen) atoms. The molecular weight excluding hydrogens is 256 g/mol. The number of rotatable bonds is 4. The van der Waals surface area contributed by atoms with Gasteiger partial charge in [-0.2, -0.15) is 5.26 Å². The predicted molar refractivity (Wildman–Crippen MR) is 91.7 cm³/mol. The van der Waals surface area contributed by atoms with Gasteiger partial charge in [0.2, 0.25) is 0 Å². The molecule has 1 heteroatoms. The van der Waals surface area contributed by atoms with Gasteiger partial charge in [-0.15, -0.1) is 0 Å². The van der Waals surface area contributed by atoms with Crippen LogP contribution in [0.25, 0.3) is 0 Å². The van der Waals surface area contributed by atoms with E-state index in [-0.39, 0.29) is 0 Å². The molecule has 0 heterocycles. The summed E-state index contributed by atoms with van der Waals surface area (Å²) in [7, 11) is 0. The van der Waals surface area contributed by atoms with Gasteiger partial charge in [-0.3, -0.25) is 0 Å². The van der Waals surface area contributed by atoms with Crippen molar-refractivity contribution in [1.29, 1.82) is 5.26 Å². The molecule has 0 N–H and O–H groups in total. The number of hydrogen-bond donors (Lipinski definition) is 0. The molecule has 0 radical (unpaired) electrons. The van der Waals surface area contributed by atoms with Gasteiger partial charge in [-0.25, -0.2) is 0 Å². The third kappa shape index (κ3) is 5.60. The first kappa shape index (κ1) is 17.2. The zero-order valence-corrected chi connectivity index (χ0v) is 14.0. The van der Waals surface area contributed by atoms with Crippen LogP contribution in [0.15, 0.2) is 58.7 Å². The minimum Gasteiger partial charge on any atom is -0.193 e. The van der Waals surface area contributed by atoms with Gasteiger partial charge in [0.25, 0.3) is 0 Å².